The van der Waals surface area contributed by atoms with Crippen LogP contribution in [0.5, 0.6) is 5.75 Å². The van der Waals surface area contributed by atoms with Crippen LogP contribution in [0.3, 0.4) is 0 Å². The highest BCUT2D eigenvalue weighted by Crippen LogP contribution is 2.35. The van der Waals surface area contributed by atoms with E-state index in [0.717, 1.165) is 45.0 Å². The van der Waals surface area contributed by atoms with E-state index in [1.165, 1.54) is 5.56 Å². The maximum absolute atomic E-state index is 12.4. The molecule has 26 heavy (non-hydrogen) atoms. The van der Waals surface area contributed by atoms with Crippen LogP contribution in [-0.4, -0.2) is 58.6 Å². The predicted octanol–water partition coefficient (Wildman–Crippen LogP) is 1.66. The summed E-state index contributed by atoms with van der Waals surface area (Å²) < 4.78 is 16.2. The SMILES string of the molecule is COc1ccc(C2(CNC(=O)CC3COCCN3)CCOCC2)cc1.Cl. The van der Waals surface area contributed by atoms with Gasteiger partial charge in [0.1, 0.15) is 5.75 Å². The van der Waals surface area contributed by atoms with Crippen molar-refractivity contribution in [3.8, 4) is 5.75 Å². The van der Waals surface area contributed by atoms with Gasteiger partial charge in [0.2, 0.25) is 5.91 Å². The highest BCUT2D eigenvalue weighted by Gasteiger charge is 2.35. The Bertz CT molecular complexity index is 555. The van der Waals surface area contributed by atoms with E-state index >= 15 is 0 Å². The lowest BCUT2D eigenvalue weighted by Gasteiger charge is -2.38. The van der Waals surface area contributed by atoms with Crippen molar-refractivity contribution in [1.29, 1.82) is 0 Å². The minimum atomic E-state index is -0.0727. The second kappa shape index (κ2) is 10.1. The molecule has 1 unspecified atom stereocenters. The number of nitrogens with one attached hydrogen (secondary N) is 2. The Balaban J connectivity index is 0.00000243. The fourth-order valence-corrected chi connectivity index (χ4v) is 3.59. The zero-order valence-electron chi connectivity index (χ0n) is 15.3. The lowest BCUT2D eigenvalue weighted by molar-refractivity contribution is -0.122. The first kappa shape index (κ1) is 21.0. The second-order valence-corrected chi connectivity index (χ2v) is 6.83. The third-order valence-corrected chi connectivity index (χ3v) is 5.21. The normalized spacial score (nSPS) is 22.1. The number of hydrogen-bond acceptors (Lipinski definition) is 5. The number of carbonyl (C=O) groups excluding carboxylic acids is 1. The molecule has 1 amide bonds. The number of hydrogen-bond donors (Lipinski definition) is 2. The molecule has 0 spiro atoms. The molecule has 3 rings (SSSR count). The van der Waals surface area contributed by atoms with Crippen LogP contribution in [0, 0.1) is 0 Å². The smallest absolute Gasteiger partial charge is 0.221 e. The summed E-state index contributed by atoms with van der Waals surface area (Å²) in [5, 5.41) is 6.47. The van der Waals surface area contributed by atoms with Crippen LogP contribution in [-0.2, 0) is 19.7 Å². The molecule has 0 bridgehead atoms. The van der Waals surface area contributed by atoms with Crippen molar-refractivity contribution >= 4 is 18.3 Å². The highest BCUT2D eigenvalue weighted by atomic mass is 35.5. The number of carbonyl (C=O) groups is 1. The average Bonchev–Trinajstić information content (AvgIpc) is 2.68. The molecule has 2 N–H and O–H groups in total. The Morgan fingerprint density at radius 3 is 2.58 bits per heavy atom. The van der Waals surface area contributed by atoms with Crippen molar-refractivity contribution in [3.05, 3.63) is 29.8 Å². The minimum Gasteiger partial charge on any atom is -0.497 e. The van der Waals surface area contributed by atoms with E-state index in [1.54, 1.807) is 7.11 Å². The third kappa shape index (κ3) is 5.33. The predicted molar refractivity (Wildman–Crippen MR) is 102 cm³/mol. The summed E-state index contributed by atoms with van der Waals surface area (Å²) in [4.78, 5) is 12.4. The summed E-state index contributed by atoms with van der Waals surface area (Å²) in [5.74, 6) is 0.917. The first-order chi connectivity index (χ1) is 12.2. The van der Waals surface area contributed by atoms with Crippen LogP contribution in [0.2, 0.25) is 0 Å². The first-order valence-electron chi connectivity index (χ1n) is 9.02. The molecule has 0 saturated carbocycles. The van der Waals surface area contributed by atoms with E-state index in [2.05, 4.69) is 22.8 Å². The topological polar surface area (TPSA) is 68.8 Å². The van der Waals surface area contributed by atoms with E-state index in [0.29, 0.717) is 19.6 Å². The molecular weight excluding hydrogens is 356 g/mol. The van der Waals surface area contributed by atoms with Crippen LogP contribution in [0.4, 0.5) is 0 Å². The van der Waals surface area contributed by atoms with Crippen molar-refractivity contribution in [1.82, 2.24) is 10.6 Å². The van der Waals surface area contributed by atoms with Crippen molar-refractivity contribution in [2.75, 3.05) is 46.6 Å². The van der Waals surface area contributed by atoms with Crippen LogP contribution < -0.4 is 15.4 Å². The van der Waals surface area contributed by atoms with E-state index in [4.69, 9.17) is 14.2 Å². The van der Waals surface area contributed by atoms with Crippen LogP contribution in [0.1, 0.15) is 24.8 Å². The number of morpholine rings is 1. The van der Waals surface area contributed by atoms with Gasteiger partial charge in [0, 0.05) is 44.2 Å². The number of ether oxygens (including phenoxy) is 3. The van der Waals surface area contributed by atoms with Gasteiger partial charge in [-0.2, -0.15) is 0 Å². The molecule has 0 radical (unpaired) electrons. The number of amides is 1. The summed E-state index contributed by atoms with van der Waals surface area (Å²) >= 11 is 0. The molecule has 6 nitrogen and oxygen atoms in total. The highest BCUT2D eigenvalue weighted by molar-refractivity contribution is 5.85. The van der Waals surface area contributed by atoms with Gasteiger partial charge in [-0.25, -0.2) is 0 Å². The van der Waals surface area contributed by atoms with Gasteiger partial charge in [-0.1, -0.05) is 12.1 Å². The Labute approximate surface area is 161 Å². The summed E-state index contributed by atoms with van der Waals surface area (Å²) in [6.45, 7) is 4.21. The van der Waals surface area contributed by atoms with Crippen molar-refractivity contribution in [2.45, 2.75) is 30.7 Å². The molecule has 2 heterocycles. The zero-order chi connectivity index (χ0) is 17.5. The summed E-state index contributed by atoms with van der Waals surface area (Å²) in [6.07, 6.45) is 2.27. The maximum atomic E-state index is 12.4. The lowest BCUT2D eigenvalue weighted by Crippen LogP contribution is -2.48. The Hall–Kier alpha value is -1.34. The van der Waals surface area contributed by atoms with E-state index in [9.17, 15) is 4.79 Å². The minimum absolute atomic E-state index is 0. The van der Waals surface area contributed by atoms with Gasteiger partial charge in [0.25, 0.3) is 0 Å². The Kier molecular flexibility index (Phi) is 8.15. The van der Waals surface area contributed by atoms with Gasteiger partial charge in [-0.15, -0.1) is 12.4 Å². The van der Waals surface area contributed by atoms with Crippen molar-refractivity contribution < 1.29 is 19.0 Å². The molecule has 2 aliphatic heterocycles. The van der Waals surface area contributed by atoms with Gasteiger partial charge in [-0.3, -0.25) is 4.79 Å². The van der Waals surface area contributed by atoms with Gasteiger partial charge in [-0.05, 0) is 30.5 Å². The lowest BCUT2D eigenvalue weighted by atomic mass is 9.74. The molecule has 0 aromatic heterocycles. The summed E-state index contributed by atoms with van der Waals surface area (Å²) in [5.41, 5.74) is 1.16. The maximum Gasteiger partial charge on any atom is 0.221 e. The third-order valence-electron chi connectivity index (χ3n) is 5.21. The molecular formula is C19H29ClN2O4. The fraction of sp³-hybridized carbons (Fsp3) is 0.632. The molecule has 2 aliphatic rings. The number of methoxy groups -OCH3 is 1. The molecule has 146 valence electrons. The monoisotopic (exact) mass is 384 g/mol. The van der Waals surface area contributed by atoms with Gasteiger partial charge >= 0.3 is 0 Å². The second-order valence-electron chi connectivity index (χ2n) is 6.83. The fourth-order valence-electron chi connectivity index (χ4n) is 3.59. The number of halogens is 1. The van der Waals surface area contributed by atoms with Crippen molar-refractivity contribution in [3.63, 3.8) is 0 Å². The summed E-state index contributed by atoms with van der Waals surface area (Å²) in [6, 6.07) is 8.29. The molecule has 1 aromatic carbocycles. The first-order valence-corrected chi connectivity index (χ1v) is 9.02. The zero-order valence-corrected chi connectivity index (χ0v) is 16.1. The molecule has 7 heteroatoms. The van der Waals surface area contributed by atoms with Crippen LogP contribution in [0.25, 0.3) is 0 Å². The van der Waals surface area contributed by atoms with E-state index < -0.39 is 0 Å². The van der Waals surface area contributed by atoms with E-state index in [-0.39, 0.29) is 29.8 Å². The quantitative estimate of drug-likeness (QED) is 0.780. The van der Waals surface area contributed by atoms with Crippen molar-refractivity contribution in [2.24, 2.45) is 0 Å². The Morgan fingerprint density at radius 1 is 1.23 bits per heavy atom. The number of rotatable bonds is 6. The van der Waals surface area contributed by atoms with Gasteiger partial charge < -0.3 is 24.8 Å². The molecule has 1 atom stereocenters. The Morgan fingerprint density at radius 2 is 1.96 bits per heavy atom. The standard InChI is InChI=1S/C19H28N2O4.ClH/c1-23-17-4-2-15(3-5-17)19(6-9-24-10-7-19)14-21-18(22)12-16-13-25-11-8-20-16;/h2-5,16,20H,6-14H2,1H3,(H,21,22);1H. The molecule has 2 fully saturated rings. The largest absolute Gasteiger partial charge is 0.497 e. The van der Waals surface area contributed by atoms with E-state index in [1.807, 2.05) is 12.1 Å². The van der Waals surface area contributed by atoms with Crippen LogP contribution in [0.15, 0.2) is 24.3 Å². The number of benzene rings is 1. The summed E-state index contributed by atoms with van der Waals surface area (Å²) in [7, 11) is 1.67. The molecule has 2 saturated heterocycles. The van der Waals surface area contributed by atoms with Crippen LogP contribution >= 0.6 is 12.4 Å². The van der Waals surface area contributed by atoms with Gasteiger partial charge in [0.15, 0.2) is 0 Å². The molecule has 0 aliphatic carbocycles. The average molecular weight is 385 g/mol. The molecule has 1 aromatic rings. The van der Waals surface area contributed by atoms with Gasteiger partial charge in [0.05, 0.1) is 20.3 Å².